The van der Waals surface area contributed by atoms with Gasteiger partial charge in [0.15, 0.2) is 0 Å². The number of fused-ring (bicyclic) bond motifs is 1. The molecule has 0 amide bonds. The predicted molar refractivity (Wildman–Crippen MR) is 59.4 cm³/mol. The minimum atomic E-state index is -0.572. The minimum Gasteiger partial charge on any atom is -0.486 e. The first-order valence-electron chi connectivity index (χ1n) is 5.81. The maximum atomic E-state index is 13.2. The number of hydrogen-bond acceptors (Lipinski definition) is 3. The van der Waals surface area contributed by atoms with E-state index in [1.54, 1.807) is 13.2 Å². The first-order chi connectivity index (χ1) is 8.12. The molecule has 0 bridgehead atoms. The van der Waals surface area contributed by atoms with E-state index in [1.807, 2.05) is 0 Å². The zero-order chi connectivity index (χ0) is 12.0. The standard InChI is InChI=1S/C13H15FO3/c1-16-9-5-13(6-9)7-11(15)10-3-2-8(14)4-12(10)17-13/h2-4,9,11,15H,5-7H2,1H3. The van der Waals surface area contributed by atoms with E-state index in [0.29, 0.717) is 17.7 Å². The van der Waals surface area contributed by atoms with Crippen LogP contribution < -0.4 is 4.74 Å². The van der Waals surface area contributed by atoms with Crippen LogP contribution in [0.5, 0.6) is 5.75 Å². The van der Waals surface area contributed by atoms with E-state index in [2.05, 4.69) is 0 Å². The van der Waals surface area contributed by atoms with Crippen molar-refractivity contribution in [2.24, 2.45) is 0 Å². The highest BCUT2D eigenvalue weighted by molar-refractivity contribution is 5.39. The van der Waals surface area contributed by atoms with E-state index >= 15 is 0 Å². The molecule has 1 N–H and O–H groups in total. The highest BCUT2D eigenvalue weighted by atomic mass is 19.1. The fraction of sp³-hybridized carbons (Fsp3) is 0.538. The zero-order valence-electron chi connectivity index (χ0n) is 9.65. The fourth-order valence-corrected chi connectivity index (χ4v) is 2.80. The molecule has 1 aliphatic carbocycles. The Hall–Kier alpha value is -1.13. The SMILES string of the molecule is COC1CC2(C1)CC(O)c1ccc(F)cc1O2. The molecule has 1 aliphatic heterocycles. The van der Waals surface area contributed by atoms with E-state index in [4.69, 9.17) is 9.47 Å². The number of ether oxygens (including phenoxy) is 2. The molecule has 92 valence electrons. The molecule has 17 heavy (non-hydrogen) atoms. The second-order valence-electron chi connectivity index (χ2n) is 4.95. The number of benzene rings is 1. The van der Waals surface area contributed by atoms with Gasteiger partial charge in [-0.2, -0.15) is 0 Å². The molecule has 1 fully saturated rings. The molecule has 3 rings (SSSR count). The smallest absolute Gasteiger partial charge is 0.128 e. The van der Waals surface area contributed by atoms with Crippen molar-refractivity contribution in [2.75, 3.05) is 7.11 Å². The first-order valence-corrected chi connectivity index (χ1v) is 5.81. The summed E-state index contributed by atoms with van der Waals surface area (Å²) >= 11 is 0. The van der Waals surface area contributed by atoms with Crippen LogP contribution in [0.4, 0.5) is 4.39 Å². The van der Waals surface area contributed by atoms with Crippen LogP contribution in [0.25, 0.3) is 0 Å². The van der Waals surface area contributed by atoms with Gasteiger partial charge in [0, 0.05) is 38.0 Å². The number of methoxy groups -OCH3 is 1. The monoisotopic (exact) mass is 238 g/mol. The van der Waals surface area contributed by atoms with Gasteiger partial charge < -0.3 is 14.6 Å². The summed E-state index contributed by atoms with van der Waals surface area (Å²) in [5, 5.41) is 10.1. The molecule has 3 nitrogen and oxygen atoms in total. The van der Waals surface area contributed by atoms with Crippen molar-refractivity contribution < 1.29 is 19.0 Å². The highest BCUT2D eigenvalue weighted by Crippen LogP contribution is 2.49. The van der Waals surface area contributed by atoms with Crippen molar-refractivity contribution in [2.45, 2.75) is 37.1 Å². The summed E-state index contributed by atoms with van der Waals surface area (Å²) < 4.78 is 24.2. The Labute approximate surface area is 99.2 Å². The van der Waals surface area contributed by atoms with Crippen LogP contribution in [-0.2, 0) is 4.74 Å². The van der Waals surface area contributed by atoms with Crippen LogP contribution in [0, 0.1) is 5.82 Å². The van der Waals surface area contributed by atoms with E-state index in [-0.39, 0.29) is 17.5 Å². The molecular formula is C13H15FO3. The van der Waals surface area contributed by atoms with E-state index in [1.165, 1.54) is 12.1 Å². The van der Waals surface area contributed by atoms with Gasteiger partial charge in [0.1, 0.15) is 17.2 Å². The molecule has 2 aliphatic rings. The van der Waals surface area contributed by atoms with Gasteiger partial charge in [0.05, 0.1) is 12.2 Å². The summed E-state index contributed by atoms with van der Waals surface area (Å²) in [5.74, 6) is 0.133. The van der Waals surface area contributed by atoms with Crippen molar-refractivity contribution in [1.29, 1.82) is 0 Å². The van der Waals surface area contributed by atoms with Crippen LogP contribution in [0.1, 0.15) is 30.9 Å². The molecule has 1 atom stereocenters. The molecule has 0 aromatic heterocycles. The normalized spacial score (nSPS) is 35.0. The lowest BCUT2D eigenvalue weighted by atomic mass is 9.71. The average molecular weight is 238 g/mol. The summed E-state index contributed by atoms with van der Waals surface area (Å²) in [6.45, 7) is 0. The van der Waals surface area contributed by atoms with Gasteiger partial charge in [-0.3, -0.25) is 0 Å². The average Bonchev–Trinajstić information content (AvgIpc) is 2.24. The number of halogens is 1. The number of rotatable bonds is 1. The van der Waals surface area contributed by atoms with E-state index in [9.17, 15) is 9.50 Å². The molecule has 1 saturated carbocycles. The van der Waals surface area contributed by atoms with Gasteiger partial charge in [-0.05, 0) is 12.1 Å². The number of aliphatic hydroxyl groups excluding tert-OH is 1. The quantitative estimate of drug-likeness (QED) is 0.815. The van der Waals surface area contributed by atoms with Crippen molar-refractivity contribution in [3.05, 3.63) is 29.6 Å². The van der Waals surface area contributed by atoms with Gasteiger partial charge in [-0.15, -0.1) is 0 Å². The van der Waals surface area contributed by atoms with Gasteiger partial charge >= 0.3 is 0 Å². The van der Waals surface area contributed by atoms with E-state index in [0.717, 1.165) is 12.8 Å². The maximum Gasteiger partial charge on any atom is 0.128 e. The van der Waals surface area contributed by atoms with Crippen molar-refractivity contribution in [1.82, 2.24) is 0 Å². The van der Waals surface area contributed by atoms with Crippen molar-refractivity contribution in [3.63, 3.8) is 0 Å². The molecular weight excluding hydrogens is 223 g/mol. The summed E-state index contributed by atoms with van der Waals surface area (Å²) in [4.78, 5) is 0. The van der Waals surface area contributed by atoms with Crippen LogP contribution in [0.15, 0.2) is 18.2 Å². The van der Waals surface area contributed by atoms with Crippen LogP contribution in [-0.4, -0.2) is 23.9 Å². The number of hydrogen-bond donors (Lipinski definition) is 1. The Kier molecular flexibility index (Phi) is 2.38. The van der Waals surface area contributed by atoms with Gasteiger partial charge in [-0.1, -0.05) is 0 Å². The lowest BCUT2D eigenvalue weighted by Gasteiger charge is -2.50. The fourth-order valence-electron chi connectivity index (χ4n) is 2.80. The van der Waals surface area contributed by atoms with Gasteiger partial charge in [0.25, 0.3) is 0 Å². The lowest BCUT2D eigenvalue weighted by Crippen LogP contribution is -2.54. The predicted octanol–water partition coefficient (Wildman–Crippen LogP) is 2.19. The second kappa shape index (κ2) is 3.68. The Morgan fingerprint density at radius 2 is 2.18 bits per heavy atom. The second-order valence-corrected chi connectivity index (χ2v) is 4.95. The summed E-state index contributed by atoms with van der Waals surface area (Å²) in [6, 6.07) is 4.29. The Morgan fingerprint density at radius 1 is 1.41 bits per heavy atom. The largest absolute Gasteiger partial charge is 0.486 e. The van der Waals surface area contributed by atoms with Gasteiger partial charge in [0.2, 0.25) is 0 Å². The van der Waals surface area contributed by atoms with Crippen molar-refractivity contribution in [3.8, 4) is 5.75 Å². The van der Waals surface area contributed by atoms with Gasteiger partial charge in [-0.25, -0.2) is 4.39 Å². The first kappa shape index (κ1) is 11.0. The topological polar surface area (TPSA) is 38.7 Å². The van der Waals surface area contributed by atoms with Crippen LogP contribution in [0.3, 0.4) is 0 Å². The summed E-state index contributed by atoms with van der Waals surface area (Å²) in [7, 11) is 1.67. The lowest BCUT2D eigenvalue weighted by molar-refractivity contribution is -0.139. The highest BCUT2D eigenvalue weighted by Gasteiger charge is 2.50. The zero-order valence-corrected chi connectivity index (χ0v) is 9.65. The Bertz CT molecular complexity index is 440. The third kappa shape index (κ3) is 1.72. The Balaban J connectivity index is 1.88. The van der Waals surface area contributed by atoms with Crippen LogP contribution in [0.2, 0.25) is 0 Å². The summed E-state index contributed by atoms with van der Waals surface area (Å²) in [5.41, 5.74) is 0.318. The molecule has 1 unspecified atom stereocenters. The van der Waals surface area contributed by atoms with Crippen molar-refractivity contribution >= 4 is 0 Å². The third-order valence-electron chi connectivity index (χ3n) is 3.76. The number of aliphatic hydroxyl groups is 1. The minimum absolute atomic E-state index is 0.192. The van der Waals surface area contributed by atoms with Crippen LogP contribution >= 0.6 is 0 Å². The molecule has 1 spiro atoms. The van der Waals surface area contributed by atoms with E-state index < -0.39 is 6.10 Å². The summed E-state index contributed by atoms with van der Waals surface area (Å²) in [6.07, 6.45) is 1.70. The Morgan fingerprint density at radius 3 is 2.88 bits per heavy atom. The molecule has 1 heterocycles. The third-order valence-corrected chi connectivity index (χ3v) is 3.76. The molecule has 0 saturated heterocycles. The molecule has 1 aromatic carbocycles. The molecule has 1 aromatic rings. The maximum absolute atomic E-state index is 13.2. The molecule has 0 radical (unpaired) electrons. The molecule has 4 heteroatoms.